The number of carbonyl (C=O) groups is 1. The van der Waals surface area contributed by atoms with Crippen LogP contribution in [-0.2, 0) is 17.9 Å². The largest absolute Gasteiger partial charge is 0.370 e. The number of alkyl halides is 4. The van der Waals surface area contributed by atoms with Gasteiger partial charge in [-0.1, -0.05) is 42.5 Å². The molecule has 164 valence electrons. The minimum absolute atomic E-state index is 0.261. The van der Waals surface area contributed by atoms with Gasteiger partial charge in [-0.2, -0.15) is 13.9 Å². The van der Waals surface area contributed by atoms with Gasteiger partial charge in [0.15, 0.2) is 5.82 Å². The van der Waals surface area contributed by atoms with Crippen LogP contribution in [0.25, 0.3) is 0 Å². The summed E-state index contributed by atoms with van der Waals surface area (Å²) >= 11 is 0. The Bertz CT molecular complexity index is 1020. The molecule has 0 aliphatic carbocycles. The monoisotopic (exact) mass is 435 g/mol. The third-order valence-electron chi connectivity index (χ3n) is 4.47. The second kappa shape index (κ2) is 9.74. The second-order valence-corrected chi connectivity index (χ2v) is 7.02. The number of aryl methyl sites for hydroxylation is 1. The van der Waals surface area contributed by atoms with Gasteiger partial charge in [-0.25, -0.2) is 8.78 Å². The highest BCUT2D eigenvalue weighted by Gasteiger charge is 2.40. The van der Waals surface area contributed by atoms with Gasteiger partial charge in [0.1, 0.15) is 6.61 Å². The number of ether oxygens (including phenoxy) is 1. The minimum atomic E-state index is -4.22. The quantitative estimate of drug-likeness (QED) is 0.486. The Morgan fingerprint density at radius 2 is 1.81 bits per heavy atom. The summed E-state index contributed by atoms with van der Waals surface area (Å²) in [6, 6.07) is 17.6. The number of nitrogens with one attached hydrogen (secondary N) is 1. The van der Waals surface area contributed by atoms with Crippen molar-refractivity contribution >= 4 is 11.7 Å². The van der Waals surface area contributed by atoms with E-state index in [0.717, 1.165) is 11.3 Å². The Morgan fingerprint density at radius 1 is 1.10 bits per heavy atom. The zero-order chi connectivity index (χ0) is 22.4. The van der Waals surface area contributed by atoms with Crippen LogP contribution in [0.3, 0.4) is 0 Å². The van der Waals surface area contributed by atoms with Crippen LogP contribution in [0.5, 0.6) is 0 Å². The summed E-state index contributed by atoms with van der Waals surface area (Å²) in [6.07, 6.45) is -3.80. The van der Waals surface area contributed by atoms with Crippen LogP contribution in [-0.4, -0.2) is 34.6 Å². The van der Waals surface area contributed by atoms with E-state index < -0.39 is 24.9 Å². The first-order chi connectivity index (χ1) is 14.7. The van der Waals surface area contributed by atoms with Crippen molar-refractivity contribution in [2.45, 2.75) is 32.4 Å². The molecule has 0 atom stereocenters. The summed E-state index contributed by atoms with van der Waals surface area (Å²) < 4.78 is 56.7. The van der Waals surface area contributed by atoms with Gasteiger partial charge in [-0.15, -0.1) is 0 Å². The van der Waals surface area contributed by atoms with Crippen LogP contribution < -0.4 is 5.32 Å². The molecule has 3 rings (SSSR count). The Labute approximate surface area is 176 Å². The molecule has 0 saturated carbocycles. The van der Waals surface area contributed by atoms with Gasteiger partial charge in [0.2, 0.25) is 0 Å². The van der Waals surface area contributed by atoms with E-state index in [0.29, 0.717) is 17.9 Å². The number of anilines is 1. The van der Waals surface area contributed by atoms with Crippen LogP contribution >= 0.6 is 0 Å². The van der Waals surface area contributed by atoms with E-state index in [1.54, 1.807) is 28.9 Å². The number of amides is 1. The number of benzene rings is 2. The summed E-state index contributed by atoms with van der Waals surface area (Å²) in [5, 5.41) is 7.09. The summed E-state index contributed by atoms with van der Waals surface area (Å²) in [7, 11) is 0. The zero-order valence-electron chi connectivity index (χ0n) is 16.7. The lowest BCUT2D eigenvalue weighted by molar-refractivity contribution is -0.168. The normalized spacial score (nSPS) is 11.7. The molecule has 0 fully saturated rings. The van der Waals surface area contributed by atoms with E-state index in [1.165, 1.54) is 6.07 Å². The maximum Gasteiger partial charge on any atom is 0.330 e. The van der Waals surface area contributed by atoms with Crippen molar-refractivity contribution in [3.05, 3.63) is 83.0 Å². The Kier molecular flexibility index (Phi) is 7.06. The third kappa shape index (κ3) is 6.14. The van der Waals surface area contributed by atoms with Crippen LogP contribution in [0.1, 0.15) is 27.2 Å². The van der Waals surface area contributed by atoms with Gasteiger partial charge in [-0.3, -0.25) is 9.48 Å². The SMILES string of the molecule is Cc1cc(NC(=O)c2cccc(COCC(F)(F)C(F)F)c2)nn1Cc1ccccc1. The van der Waals surface area contributed by atoms with Crippen LogP contribution in [0, 0.1) is 6.92 Å². The first-order valence-electron chi connectivity index (χ1n) is 9.47. The third-order valence-corrected chi connectivity index (χ3v) is 4.47. The zero-order valence-corrected chi connectivity index (χ0v) is 16.7. The van der Waals surface area contributed by atoms with Gasteiger partial charge in [0.25, 0.3) is 5.91 Å². The lowest BCUT2D eigenvalue weighted by Gasteiger charge is -2.15. The Hall–Kier alpha value is -3.20. The molecule has 0 radical (unpaired) electrons. The molecule has 0 spiro atoms. The number of nitrogens with zero attached hydrogens (tertiary/aromatic N) is 2. The van der Waals surface area contributed by atoms with Gasteiger partial charge in [0.05, 0.1) is 13.2 Å². The molecule has 0 aliphatic heterocycles. The highest BCUT2D eigenvalue weighted by atomic mass is 19.3. The molecule has 3 aromatic rings. The molecule has 1 N–H and O–H groups in total. The molecule has 0 unspecified atom stereocenters. The number of carbonyl (C=O) groups excluding carboxylic acids is 1. The average molecular weight is 435 g/mol. The average Bonchev–Trinajstić information content (AvgIpc) is 3.07. The van der Waals surface area contributed by atoms with E-state index in [1.807, 2.05) is 37.3 Å². The fourth-order valence-electron chi connectivity index (χ4n) is 2.85. The lowest BCUT2D eigenvalue weighted by atomic mass is 10.1. The molecular formula is C22H21F4N3O2. The molecule has 1 amide bonds. The van der Waals surface area contributed by atoms with Crippen molar-refractivity contribution in [1.29, 1.82) is 0 Å². The molecule has 0 bridgehead atoms. The summed E-state index contributed by atoms with van der Waals surface area (Å²) in [5.41, 5.74) is 2.60. The fourth-order valence-corrected chi connectivity index (χ4v) is 2.85. The van der Waals surface area contributed by atoms with Crippen LogP contribution in [0.15, 0.2) is 60.7 Å². The maximum atomic E-state index is 12.9. The number of hydrogen-bond donors (Lipinski definition) is 1. The molecule has 0 saturated heterocycles. The predicted molar refractivity (Wildman–Crippen MR) is 108 cm³/mol. The van der Waals surface area contributed by atoms with Crippen molar-refractivity contribution in [2.24, 2.45) is 0 Å². The first kappa shape index (κ1) is 22.5. The molecule has 1 heterocycles. The van der Waals surface area contributed by atoms with E-state index >= 15 is 0 Å². The van der Waals surface area contributed by atoms with Crippen LogP contribution in [0.2, 0.25) is 0 Å². The van der Waals surface area contributed by atoms with E-state index in [-0.39, 0.29) is 12.2 Å². The maximum absolute atomic E-state index is 12.9. The van der Waals surface area contributed by atoms with Crippen molar-refractivity contribution < 1.29 is 27.1 Å². The van der Waals surface area contributed by atoms with Crippen molar-refractivity contribution in [3.8, 4) is 0 Å². The minimum Gasteiger partial charge on any atom is -0.370 e. The standard InChI is InChI=1S/C22H21F4N3O2/c1-15-10-19(28-29(15)12-16-6-3-2-4-7-16)27-20(30)18-9-5-8-17(11-18)13-31-14-22(25,26)21(23)24/h2-11,21H,12-14H2,1H3,(H,27,28,30). The van der Waals surface area contributed by atoms with Crippen molar-refractivity contribution in [3.63, 3.8) is 0 Å². The summed E-state index contributed by atoms with van der Waals surface area (Å²) in [5.74, 6) is -4.29. The highest BCUT2D eigenvalue weighted by molar-refractivity contribution is 6.03. The van der Waals surface area contributed by atoms with Gasteiger partial charge in [0, 0.05) is 17.3 Å². The second-order valence-electron chi connectivity index (χ2n) is 7.02. The van der Waals surface area contributed by atoms with Crippen molar-refractivity contribution in [1.82, 2.24) is 9.78 Å². The summed E-state index contributed by atoms with van der Waals surface area (Å²) in [4.78, 5) is 12.5. The number of hydrogen-bond acceptors (Lipinski definition) is 3. The fraction of sp³-hybridized carbons (Fsp3) is 0.273. The number of halogens is 4. The molecular weight excluding hydrogens is 414 g/mol. The number of aromatic nitrogens is 2. The Morgan fingerprint density at radius 3 is 2.52 bits per heavy atom. The molecule has 5 nitrogen and oxygen atoms in total. The van der Waals surface area contributed by atoms with E-state index in [9.17, 15) is 22.4 Å². The lowest BCUT2D eigenvalue weighted by Crippen LogP contribution is -2.32. The van der Waals surface area contributed by atoms with Crippen molar-refractivity contribution in [2.75, 3.05) is 11.9 Å². The first-order valence-corrected chi connectivity index (χ1v) is 9.47. The van der Waals surface area contributed by atoms with Gasteiger partial charge >= 0.3 is 12.3 Å². The van der Waals surface area contributed by atoms with Gasteiger partial charge in [-0.05, 0) is 30.2 Å². The summed E-state index contributed by atoms with van der Waals surface area (Å²) in [6.45, 7) is 0.699. The van der Waals surface area contributed by atoms with Crippen LogP contribution in [0.4, 0.5) is 23.4 Å². The van der Waals surface area contributed by atoms with Gasteiger partial charge < -0.3 is 10.1 Å². The predicted octanol–water partition coefficient (Wildman–Crippen LogP) is 4.91. The molecule has 1 aromatic heterocycles. The topological polar surface area (TPSA) is 56.1 Å². The smallest absolute Gasteiger partial charge is 0.330 e. The number of rotatable bonds is 9. The van der Waals surface area contributed by atoms with E-state index in [2.05, 4.69) is 10.4 Å². The highest BCUT2D eigenvalue weighted by Crippen LogP contribution is 2.23. The molecule has 0 aliphatic rings. The molecule has 31 heavy (non-hydrogen) atoms. The van der Waals surface area contributed by atoms with E-state index in [4.69, 9.17) is 4.74 Å². The molecule has 2 aromatic carbocycles. The Balaban J connectivity index is 1.61. The molecule has 9 heteroatoms.